The van der Waals surface area contributed by atoms with Gasteiger partial charge in [-0.3, -0.25) is 9.59 Å². The molecule has 0 bridgehead atoms. The molecule has 0 saturated carbocycles. The minimum Gasteiger partial charge on any atom is -0.484 e. The average Bonchev–Trinajstić information content (AvgIpc) is 2.62. The monoisotopic (exact) mass is 388 g/mol. The highest BCUT2D eigenvalue weighted by Crippen LogP contribution is 2.18. The van der Waals surface area contributed by atoms with E-state index in [1.54, 1.807) is 26.1 Å². The van der Waals surface area contributed by atoms with Crippen molar-refractivity contribution in [2.24, 2.45) is 0 Å². The third-order valence-corrected chi connectivity index (χ3v) is 4.45. The van der Waals surface area contributed by atoms with E-state index in [0.29, 0.717) is 10.8 Å². The normalized spacial score (nSPS) is 11.6. The predicted molar refractivity (Wildman–Crippen MR) is 107 cm³/mol. The van der Waals surface area contributed by atoms with Crippen LogP contribution in [0.15, 0.2) is 42.5 Å². The highest BCUT2D eigenvalue weighted by Gasteiger charge is 2.26. The van der Waals surface area contributed by atoms with Gasteiger partial charge in [0.25, 0.3) is 5.91 Å². The number of halogens is 1. The largest absolute Gasteiger partial charge is 0.484 e. The zero-order valence-corrected chi connectivity index (χ0v) is 16.8. The van der Waals surface area contributed by atoms with Crippen molar-refractivity contribution < 1.29 is 14.3 Å². The van der Waals surface area contributed by atoms with Crippen molar-refractivity contribution in [3.63, 3.8) is 0 Å². The van der Waals surface area contributed by atoms with Crippen LogP contribution in [-0.4, -0.2) is 36.4 Å². The number of ether oxygens (including phenoxy) is 1. The van der Waals surface area contributed by atoms with Crippen LogP contribution in [0, 0.1) is 13.8 Å². The molecule has 0 aliphatic carbocycles. The van der Waals surface area contributed by atoms with Gasteiger partial charge in [0.2, 0.25) is 5.91 Å². The molecular formula is C21H25ClN2O3. The third kappa shape index (κ3) is 6.00. The maximum absolute atomic E-state index is 12.8. The molecule has 0 saturated heterocycles. The van der Waals surface area contributed by atoms with Gasteiger partial charge in [-0.05, 0) is 61.7 Å². The van der Waals surface area contributed by atoms with Crippen molar-refractivity contribution in [3.05, 3.63) is 64.2 Å². The predicted octanol–water partition coefficient (Wildman–Crippen LogP) is 3.50. The summed E-state index contributed by atoms with van der Waals surface area (Å²) in [6, 6.07) is 12.4. The number of aryl methyl sites for hydroxylation is 2. The summed E-state index contributed by atoms with van der Waals surface area (Å²) in [6.07, 6.45) is 0. The van der Waals surface area contributed by atoms with Crippen LogP contribution >= 0.6 is 11.6 Å². The first-order chi connectivity index (χ1) is 12.8. The Labute approximate surface area is 165 Å². The second-order valence-electron chi connectivity index (χ2n) is 6.55. The number of nitrogens with zero attached hydrogens (tertiary/aromatic N) is 1. The van der Waals surface area contributed by atoms with Gasteiger partial charge >= 0.3 is 0 Å². The lowest BCUT2D eigenvalue weighted by atomic mass is 10.1. The number of hydrogen-bond donors (Lipinski definition) is 1. The van der Waals surface area contributed by atoms with Crippen LogP contribution in [0.3, 0.4) is 0 Å². The van der Waals surface area contributed by atoms with Crippen molar-refractivity contribution in [1.29, 1.82) is 0 Å². The molecule has 0 spiro atoms. The van der Waals surface area contributed by atoms with Gasteiger partial charge in [-0.15, -0.1) is 0 Å². The minimum absolute atomic E-state index is 0.148. The lowest BCUT2D eigenvalue weighted by Crippen LogP contribution is -2.48. The van der Waals surface area contributed by atoms with Crippen molar-refractivity contribution in [3.8, 4) is 5.75 Å². The van der Waals surface area contributed by atoms with E-state index in [1.807, 2.05) is 44.2 Å². The van der Waals surface area contributed by atoms with Crippen molar-refractivity contribution in [2.75, 3.05) is 13.7 Å². The fourth-order valence-corrected chi connectivity index (χ4v) is 3.08. The molecule has 0 aliphatic heterocycles. The number of hydrogen-bond acceptors (Lipinski definition) is 3. The number of carbonyl (C=O) groups is 2. The van der Waals surface area contributed by atoms with Crippen LogP contribution in [-0.2, 0) is 16.1 Å². The van der Waals surface area contributed by atoms with E-state index in [1.165, 1.54) is 4.90 Å². The molecule has 0 fully saturated rings. The Bertz CT molecular complexity index is 803. The lowest BCUT2D eigenvalue weighted by Gasteiger charge is -2.28. The quantitative estimate of drug-likeness (QED) is 0.789. The topological polar surface area (TPSA) is 58.6 Å². The number of benzene rings is 2. The second kappa shape index (κ2) is 9.42. The molecule has 0 aromatic heterocycles. The van der Waals surface area contributed by atoms with Crippen molar-refractivity contribution in [2.45, 2.75) is 33.4 Å². The molecule has 2 rings (SSSR count). The zero-order chi connectivity index (χ0) is 20.0. The van der Waals surface area contributed by atoms with Crippen molar-refractivity contribution in [1.82, 2.24) is 10.2 Å². The van der Waals surface area contributed by atoms with E-state index >= 15 is 0 Å². The summed E-state index contributed by atoms with van der Waals surface area (Å²) in [5.41, 5.74) is 2.97. The molecule has 6 heteroatoms. The van der Waals surface area contributed by atoms with Crippen LogP contribution < -0.4 is 10.1 Å². The Hall–Kier alpha value is -2.53. The van der Waals surface area contributed by atoms with Crippen LogP contribution in [0.4, 0.5) is 0 Å². The lowest BCUT2D eigenvalue weighted by molar-refractivity contribution is -0.142. The standard InChI is InChI=1S/C21H25ClN2O3/c1-14-8-15(2)10-19(9-14)27-13-20(25)24(16(3)21(26)23-4)12-17-6-5-7-18(22)11-17/h5-11,16H,12-13H2,1-4H3,(H,23,26)/t16-/m0/s1. The minimum atomic E-state index is -0.635. The Balaban J connectivity index is 2.15. The number of amides is 2. The van der Waals surface area contributed by atoms with Gasteiger partial charge < -0.3 is 15.0 Å². The van der Waals surface area contributed by atoms with E-state index in [2.05, 4.69) is 5.32 Å². The fourth-order valence-electron chi connectivity index (χ4n) is 2.87. The summed E-state index contributed by atoms with van der Waals surface area (Å²) in [4.78, 5) is 26.4. The van der Waals surface area contributed by atoms with Gasteiger partial charge in [0, 0.05) is 18.6 Å². The molecule has 0 heterocycles. The molecular weight excluding hydrogens is 364 g/mol. The smallest absolute Gasteiger partial charge is 0.261 e. The number of rotatable bonds is 7. The van der Waals surface area contributed by atoms with E-state index in [4.69, 9.17) is 16.3 Å². The molecule has 0 radical (unpaired) electrons. The Morgan fingerprint density at radius 2 is 1.81 bits per heavy atom. The average molecular weight is 389 g/mol. The molecule has 144 valence electrons. The summed E-state index contributed by atoms with van der Waals surface area (Å²) in [5, 5.41) is 3.17. The Morgan fingerprint density at radius 3 is 2.41 bits per heavy atom. The summed E-state index contributed by atoms with van der Waals surface area (Å²) < 4.78 is 5.69. The molecule has 0 unspecified atom stereocenters. The van der Waals surface area contributed by atoms with Gasteiger partial charge in [-0.1, -0.05) is 29.8 Å². The van der Waals surface area contributed by atoms with Gasteiger partial charge in [0.15, 0.2) is 6.61 Å². The van der Waals surface area contributed by atoms with Gasteiger partial charge in [-0.25, -0.2) is 0 Å². The molecule has 1 N–H and O–H groups in total. The molecule has 5 nitrogen and oxygen atoms in total. The maximum atomic E-state index is 12.8. The summed E-state index contributed by atoms with van der Waals surface area (Å²) in [7, 11) is 1.55. The van der Waals surface area contributed by atoms with E-state index in [-0.39, 0.29) is 25.0 Å². The molecule has 0 aliphatic rings. The molecule has 2 aromatic carbocycles. The van der Waals surface area contributed by atoms with E-state index < -0.39 is 6.04 Å². The van der Waals surface area contributed by atoms with Crippen LogP contribution in [0.25, 0.3) is 0 Å². The van der Waals surface area contributed by atoms with Gasteiger partial charge in [0.05, 0.1) is 0 Å². The van der Waals surface area contributed by atoms with Gasteiger partial charge in [-0.2, -0.15) is 0 Å². The Kier molecular flexibility index (Phi) is 7.25. The highest BCUT2D eigenvalue weighted by atomic mass is 35.5. The maximum Gasteiger partial charge on any atom is 0.261 e. The van der Waals surface area contributed by atoms with Crippen LogP contribution in [0.2, 0.25) is 5.02 Å². The van der Waals surface area contributed by atoms with E-state index in [9.17, 15) is 9.59 Å². The summed E-state index contributed by atoms with van der Waals surface area (Å²) >= 11 is 6.04. The Morgan fingerprint density at radius 1 is 1.15 bits per heavy atom. The number of likely N-dealkylation sites (N-methyl/N-ethyl adjacent to an activating group) is 1. The molecule has 2 aromatic rings. The first kappa shape index (κ1) is 20.8. The van der Waals surface area contributed by atoms with Crippen molar-refractivity contribution >= 4 is 23.4 Å². The molecule has 1 atom stereocenters. The molecule has 2 amide bonds. The van der Waals surface area contributed by atoms with Crippen LogP contribution in [0.5, 0.6) is 5.75 Å². The fraction of sp³-hybridized carbons (Fsp3) is 0.333. The van der Waals surface area contributed by atoms with Crippen LogP contribution in [0.1, 0.15) is 23.6 Å². The second-order valence-corrected chi connectivity index (χ2v) is 6.99. The molecule has 27 heavy (non-hydrogen) atoms. The first-order valence-corrected chi connectivity index (χ1v) is 9.14. The number of nitrogens with one attached hydrogen (secondary N) is 1. The number of carbonyl (C=O) groups excluding carboxylic acids is 2. The summed E-state index contributed by atoms with van der Waals surface area (Å²) in [6.45, 7) is 5.76. The highest BCUT2D eigenvalue weighted by molar-refractivity contribution is 6.30. The first-order valence-electron chi connectivity index (χ1n) is 8.76. The SMILES string of the molecule is CNC(=O)[C@H](C)N(Cc1cccc(Cl)c1)C(=O)COc1cc(C)cc(C)c1. The zero-order valence-electron chi connectivity index (χ0n) is 16.1. The third-order valence-electron chi connectivity index (χ3n) is 4.21. The summed E-state index contributed by atoms with van der Waals surface area (Å²) in [5.74, 6) is 0.123. The van der Waals surface area contributed by atoms with E-state index in [0.717, 1.165) is 16.7 Å². The van der Waals surface area contributed by atoms with Gasteiger partial charge in [0.1, 0.15) is 11.8 Å².